The molecule has 1 fully saturated rings. The van der Waals surface area contributed by atoms with Gasteiger partial charge in [-0.1, -0.05) is 29.8 Å². The molecule has 0 bridgehead atoms. The lowest BCUT2D eigenvalue weighted by molar-refractivity contribution is 0.0709. The predicted octanol–water partition coefficient (Wildman–Crippen LogP) is 3.26. The lowest BCUT2D eigenvalue weighted by Gasteiger charge is -2.32. The highest BCUT2D eigenvalue weighted by atomic mass is 16.5. The summed E-state index contributed by atoms with van der Waals surface area (Å²) in [4.78, 5) is 27.3. The molecule has 1 saturated heterocycles. The molecule has 4 rings (SSSR count). The Bertz CT molecular complexity index is 1120. The van der Waals surface area contributed by atoms with E-state index in [1.54, 1.807) is 11.7 Å². The molecule has 2 aromatic carbocycles. The van der Waals surface area contributed by atoms with E-state index in [4.69, 9.17) is 4.74 Å². The zero-order valence-electron chi connectivity index (χ0n) is 18.2. The number of carbonyl (C=O) groups is 1. The van der Waals surface area contributed by atoms with Gasteiger partial charge in [0.2, 0.25) is 0 Å². The molecule has 1 aliphatic heterocycles. The van der Waals surface area contributed by atoms with Gasteiger partial charge in [-0.2, -0.15) is 5.10 Å². The van der Waals surface area contributed by atoms with E-state index in [1.807, 2.05) is 61.2 Å². The van der Waals surface area contributed by atoms with Gasteiger partial charge in [-0.3, -0.25) is 9.36 Å². The highest BCUT2D eigenvalue weighted by Crippen LogP contribution is 2.28. The topological polar surface area (TPSA) is 80.2 Å². The molecule has 1 aliphatic rings. The summed E-state index contributed by atoms with van der Waals surface area (Å²) in [5, 5.41) is 6.92. The Morgan fingerprint density at radius 2 is 1.84 bits per heavy atom. The number of amides is 1. The molecule has 162 valence electrons. The van der Waals surface area contributed by atoms with Gasteiger partial charge in [0.25, 0.3) is 5.91 Å². The first-order valence-electron chi connectivity index (χ1n) is 10.6. The quantitative estimate of drug-likeness (QED) is 0.687. The van der Waals surface area contributed by atoms with E-state index in [0.29, 0.717) is 19.6 Å². The fourth-order valence-electron chi connectivity index (χ4n) is 4.27. The molecular weight excluding hydrogens is 392 g/mol. The van der Waals surface area contributed by atoms with Crippen LogP contribution < -0.4 is 10.4 Å². The van der Waals surface area contributed by atoms with Crippen LogP contribution in [0.2, 0.25) is 0 Å². The first-order chi connectivity index (χ1) is 15.0. The minimum absolute atomic E-state index is 0.0774. The van der Waals surface area contributed by atoms with Crippen molar-refractivity contribution >= 4 is 5.91 Å². The second-order valence-corrected chi connectivity index (χ2v) is 8.21. The largest absolute Gasteiger partial charge is 0.497 e. The molecule has 0 saturated carbocycles. The highest BCUT2D eigenvalue weighted by Gasteiger charge is 2.28. The van der Waals surface area contributed by atoms with Crippen LogP contribution in [0.15, 0.2) is 47.3 Å². The highest BCUT2D eigenvalue weighted by molar-refractivity contribution is 5.95. The van der Waals surface area contributed by atoms with Crippen molar-refractivity contribution in [2.24, 2.45) is 0 Å². The lowest BCUT2D eigenvalue weighted by atomic mass is 9.94. The van der Waals surface area contributed by atoms with Crippen LogP contribution in [0, 0.1) is 13.8 Å². The summed E-state index contributed by atoms with van der Waals surface area (Å²) in [5.74, 6) is 1.76. The first-order valence-corrected chi connectivity index (χ1v) is 10.6. The van der Waals surface area contributed by atoms with Crippen LogP contribution in [0.5, 0.6) is 5.75 Å². The molecule has 1 aromatic heterocycles. The standard InChI is InChI=1S/C24H28N4O3/c1-16-4-9-21(17(2)14-16)23(29)27-12-10-19(11-13-27)22-25-26-24(30)28(22)15-18-5-7-20(31-3)8-6-18/h4-9,14,19H,10-13,15H2,1-3H3,(H,26,30). The molecule has 3 aromatic rings. The SMILES string of the molecule is COc1ccc(Cn2c(C3CCN(C(=O)c4ccc(C)cc4C)CC3)n[nH]c2=O)cc1. The second kappa shape index (κ2) is 8.79. The number of likely N-dealkylation sites (tertiary alicyclic amines) is 1. The normalized spacial score (nSPS) is 14.6. The van der Waals surface area contributed by atoms with Gasteiger partial charge in [-0.15, -0.1) is 0 Å². The Morgan fingerprint density at radius 3 is 2.48 bits per heavy atom. The number of piperidine rings is 1. The van der Waals surface area contributed by atoms with Gasteiger partial charge in [0, 0.05) is 24.6 Å². The van der Waals surface area contributed by atoms with Gasteiger partial charge in [-0.05, 0) is 56.0 Å². The second-order valence-electron chi connectivity index (χ2n) is 8.21. The molecule has 1 N–H and O–H groups in total. The van der Waals surface area contributed by atoms with Crippen molar-refractivity contribution in [1.29, 1.82) is 0 Å². The Morgan fingerprint density at radius 1 is 1.13 bits per heavy atom. The van der Waals surface area contributed by atoms with E-state index in [2.05, 4.69) is 10.2 Å². The van der Waals surface area contributed by atoms with Crippen molar-refractivity contribution in [3.8, 4) is 5.75 Å². The number of hydrogen-bond acceptors (Lipinski definition) is 4. The van der Waals surface area contributed by atoms with Crippen LogP contribution in [0.4, 0.5) is 0 Å². The average Bonchev–Trinajstić information content (AvgIpc) is 3.14. The van der Waals surface area contributed by atoms with Gasteiger partial charge in [0.05, 0.1) is 13.7 Å². The van der Waals surface area contributed by atoms with Gasteiger partial charge in [0.15, 0.2) is 0 Å². The van der Waals surface area contributed by atoms with Gasteiger partial charge >= 0.3 is 5.69 Å². The number of ether oxygens (including phenoxy) is 1. The summed E-state index contributed by atoms with van der Waals surface area (Å²) in [5.41, 5.74) is 3.72. The molecule has 7 nitrogen and oxygen atoms in total. The van der Waals surface area contributed by atoms with E-state index in [9.17, 15) is 9.59 Å². The maximum atomic E-state index is 13.0. The van der Waals surface area contributed by atoms with Crippen LogP contribution in [0.25, 0.3) is 0 Å². The van der Waals surface area contributed by atoms with Crippen molar-refractivity contribution in [1.82, 2.24) is 19.7 Å². The average molecular weight is 421 g/mol. The van der Waals surface area contributed by atoms with E-state index in [-0.39, 0.29) is 17.5 Å². The van der Waals surface area contributed by atoms with Gasteiger partial charge < -0.3 is 9.64 Å². The van der Waals surface area contributed by atoms with Crippen LogP contribution >= 0.6 is 0 Å². The van der Waals surface area contributed by atoms with Crippen molar-refractivity contribution < 1.29 is 9.53 Å². The number of nitrogens with one attached hydrogen (secondary N) is 1. The van der Waals surface area contributed by atoms with E-state index in [0.717, 1.165) is 46.7 Å². The molecule has 1 amide bonds. The number of aromatic nitrogens is 3. The summed E-state index contributed by atoms with van der Waals surface area (Å²) < 4.78 is 6.90. The Labute approximate surface area is 181 Å². The molecule has 0 spiro atoms. The Hall–Kier alpha value is -3.35. The summed E-state index contributed by atoms with van der Waals surface area (Å²) in [6, 6.07) is 13.6. The Balaban J connectivity index is 1.45. The van der Waals surface area contributed by atoms with E-state index < -0.39 is 0 Å². The number of hydrogen-bond donors (Lipinski definition) is 1. The van der Waals surface area contributed by atoms with Crippen molar-refractivity contribution in [3.63, 3.8) is 0 Å². The summed E-state index contributed by atoms with van der Waals surface area (Å²) in [6.07, 6.45) is 1.56. The molecule has 0 radical (unpaired) electrons. The van der Waals surface area contributed by atoms with Crippen molar-refractivity contribution in [2.45, 2.75) is 39.2 Å². The fraction of sp³-hybridized carbons (Fsp3) is 0.375. The van der Waals surface area contributed by atoms with Crippen LogP contribution in [0.1, 0.15) is 51.6 Å². The summed E-state index contributed by atoms with van der Waals surface area (Å²) >= 11 is 0. The molecular formula is C24H28N4O3. The number of aromatic amines is 1. The molecule has 31 heavy (non-hydrogen) atoms. The summed E-state index contributed by atoms with van der Waals surface area (Å²) in [7, 11) is 1.63. The third-order valence-electron chi connectivity index (χ3n) is 6.05. The van der Waals surface area contributed by atoms with Gasteiger partial charge in [-0.25, -0.2) is 9.89 Å². The van der Waals surface area contributed by atoms with Crippen LogP contribution in [-0.2, 0) is 6.54 Å². The number of benzene rings is 2. The Kier molecular flexibility index (Phi) is 5.93. The van der Waals surface area contributed by atoms with Gasteiger partial charge in [0.1, 0.15) is 11.6 Å². The maximum absolute atomic E-state index is 13.0. The number of methoxy groups -OCH3 is 1. The molecule has 2 heterocycles. The van der Waals surface area contributed by atoms with Crippen molar-refractivity contribution in [2.75, 3.05) is 20.2 Å². The molecule has 7 heteroatoms. The third-order valence-corrected chi connectivity index (χ3v) is 6.05. The molecule has 0 aliphatic carbocycles. The zero-order chi connectivity index (χ0) is 22.0. The number of H-pyrrole nitrogens is 1. The number of aryl methyl sites for hydroxylation is 2. The molecule has 0 atom stereocenters. The third kappa shape index (κ3) is 4.40. The minimum atomic E-state index is -0.209. The monoisotopic (exact) mass is 420 g/mol. The fourth-order valence-corrected chi connectivity index (χ4v) is 4.27. The van der Waals surface area contributed by atoms with Crippen LogP contribution in [-0.4, -0.2) is 45.8 Å². The van der Waals surface area contributed by atoms with E-state index in [1.165, 1.54) is 0 Å². The van der Waals surface area contributed by atoms with E-state index >= 15 is 0 Å². The molecule has 0 unspecified atom stereocenters. The van der Waals surface area contributed by atoms with Crippen LogP contribution in [0.3, 0.4) is 0 Å². The summed E-state index contributed by atoms with van der Waals surface area (Å²) in [6.45, 7) is 5.77. The predicted molar refractivity (Wildman–Crippen MR) is 119 cm³/mol. The number of nitrogens with zero attached hydrogens (tertiary/aromatic N) is 3. The number of rotatable bonds is 5. The first kappa shape index (κ1) is 20.9. The van der Waals surface area contributed by atoms with Crippen molar-refractivity contribution in [3.05, 3.63) is 81.0 Å². The number of carbonyl (C=O) groups excluding carboxylic acids is 1. The smallest absolute Gasteiger partial charge is 0.343 e. The lowest BCUT2D eigenvalue weighted by Crippen LogP contribution is -2.39. The minimum Gasteiger partial charge on any atom is -0.497 e. The maximum Gasteiger partial charge on any atom is 0.343 e. The zero-order valence-corrected chi connectivity index (χ0v) is 18.2.